The molecule has 1 aliphatic carbocycles. The number of hydrogen-bond donors (Lipinski definition) is 2. The van der Waals surface area contributed by atoms with Crippen LogP contribution in [0.4, 0.5) is 0 Å². The molecule has 0 aliphatic heterocycles. The molecule has 0 spiro atoms. The Hall–Kier alpha value is -1.18. The predicted molar refractivity (Wildman–Crippen MR) is 38.3 cm³/mol. The van der Waals surface area contributed by atoms with Crippen LogP contribution in [0.5, 0.6) is 0 Å². The molecule has 0 aromatic carbocycles. The maximum absolute atomic E-state index is 5.49. The van der Waals surface area contributed by atoms with E-state index in [1.165, 1.54) is 0 Å². The molecule has 0 saturated heterocycles. The average molecular weight is 122 g/mol. The van der Waals surface area contributed by atoms with Crippen LogP contribution in [0.1, 0.15) is 6.42 Å². The highest BCUT2D eigenvalue weighted by Gasteiger charge is 1.91. The van der Waals surface area contributed by atoms with Crippen LogP contribution in [0.2, 0.25) is 0 Å². The SMILES string of the molecule is NC1=C(N)C=CCC=C1. The summed E-state index contributed by atoms with van der Waals surface area (Å²) in [7, 11) is 0. The van der Waals surface area contributed by atoms with Gasteiger partial charge in [0.1, 0.15) is 0 Å². The molecule has 0 amide bonds. The molecule has 0 aromatic heterocycles. The quantitative estimate of drug-likeness (QED) is 0.495. The highest BCUT2D eigenvalue weighted by atomic mass is 14.7. The second-order valence-corrected chi connectivity index (χ2v) is 1.95. The first-order valence-electron chi connectivity index (χ1n) is 2.89. The van der Waals surface area contributed by atoms with Gasteiger partial charge in [-0.1, -0.05) is 12.2 Å². The molecule has 1 rings (SSSR count). The van der Waals surface area contributed by atoms with Crippen LogP contribution in [-0.2, 0) is 0 Å². The molecule has 0 atom stereocenters. The lowest BCUT2D eigenvalue weighted by atomic mass is 10.3. The van der Waals surface area contributed by atoms with Gasteiger partial charge in [0.25, 0.3) is 0 Å². The Bertz CT molecular complexity index is 167. The van der Waals surface area contributed by atoms with Crippen molar-refractivity contribution in [3.63, 3.8) is 0 Å². The summed E-state index contributed by atoms with van der Waals surface area (Å²) in [5.41, 5.74) is 12.3. The molecule has 4 N–H and O–H groups in total. The fraction of sp³-hybridized carbons (Fsp3) is 0.143. The van der Waals surface area contributed by atoms with E-state index < -0.39 is 0 Å². The Morgan fingerprint density at radius 3 is 1.89 bits per heavy atom. The van der Waals surface area contributed by atoms with Crippen LogP contribution in [0.15, 0.2) is 35.7 Å². The van der Waals surface area contributed by atoms with Crippen molar-refractivity contribution in [1.82, 2.24) is 0 Å². The highest BCUT2D eigenvalue weighted by Crippen LogP contribution is 2.02. The zero-order valence-electron chi connectivity index (χ0n) is 5.17. The zero-order valence-corrected chi connectivity index (χ0v) is 5.17. The first kappa shape index (κ1) is 5.95. The van der Waals surface area contributed by atoms with Crippen LogP contribution >= 0.6 is 0 Å². The van der Waals surface area contributed by atoms with Gasteiger partial charge in [-0.3, -0.25) is 0 Å². The molecule has 48 valence electrons. The summed E-state index contributed by atoms with van der Waals surface area (Å²) in [5, 5.41) is 0. The van der Waals surface area contributed by atoms with Crippen molar-refractivity contribution in [3.05, 3.63) is 35.7 Å². The third kappa shape index (κ3) is 1.35. The normalized spacial score (nSPS) is 18.2. The van der Waals surface area contributed by atoms with E-state index in [-0.39, 0.29) is 0 Å². The lowest BCUT2D eigenvalue weighted by molar-refractivity contribution is 1.29. The highest BCUT2D eigenvalue weighted by molar-refractivity contribution is 5.31. The second-order valence-electron chi connectivity index (χ2n) is 1.95. The summed E-state index contributed by atoms with van der Waals surface area (Å²) < 4.78 is 0. The van der Waals surface area contributed by atoms with E-state index in [2.05, 4.69) is 0 Å². The summed E-state index contributed by atoms with van der Waals surface area (Å²) >= 11 is 0. The lowest BCUT2D eigenvalue weighted by Crippen LogP contribution is -2.04. The minimum atomic E-state index is 0.656. The Morgan fingerprint density at radius 1 is 1.00 bits per heavy atom. The molecule has 0 unspecified atom stereocenters. The summed E-state index contributed by atoms with van der Waals surface area (Å²) in [5.74, 6) is 0. The van der Waals surface area contributed by atoms with E-state index in [4.69, 9.17) is 11.5 Å². The van der Waals surface area contributed by atoms with Gasteiger partial charge in [0.15, 0.2) is 0 Å². The van der Waals surface area contributed by atoms with Crippen LogP contribution in [0.25, 0.3) is 0 Å². The molecule has 2 nitrogen and oxygen atoms in total. The second kappa shape index (κ2) is 2.40. The third-order valence-electron chi connectivity index (χ3n) is 1.20. The van der Waals surface area contributed by atoms with Crippen LogP contribution < -0.4 is 11.5 Å². The average Bonchev–Trinajstić information content (AvgIpc) is 1.99. The van der Waals surface area contributed by atoms with Gasteiger partial charge in [0, 0.05) is 0 Å². The summed E-state index contributed by atoms with van der Waals surface area (Å²) in [6.07, 6.45) is 8.53. The van der Waals surface area contributed by atoms with Crippen molar-refractivity contribution in [1.29, 1.82) is 0 Å². The molecule has 1 aliphatic rings. The largest absolute Gasteiger partial charge is 0.397 e. The fourth-order valence-corrected chi connectivity index (χ4v) is 0.661. The minimum absolute atomic E-state index is 0.656. The summed E-state index contributed by atoms with van der Waals surface area (Å²) in [4.78, 5) is 0. The molecule has 0 fully saturated rings. The Morgan fingerprint density at radius 2 is 1.44 bits per heavy atom. The van der Waals surface area contributed by atoms with Gasteiger partial charge in [0.05, 0.1) is 11.4 Å². The van der Waals surface area contributed by atoms with E-state index >= 15 is 0 Å². The number of allylic oxidation sites excluding steroid dienone is 4. The molecular formula is C7H10N2. The maximum atomic E-state index is 5.49. The minimum Gasteiger partial charge on any atom is -0.397 e. The van der Waals surface area contributed by atoms with E-state index in [0.717, 1.165) is 6.42 Å². The molecule has 9 heavy (non-hydrogen) atoms. The van der Waals surface area contributed by atoms with Crippen molar-refractivity contribution < 1.29 is 0 Å². The topological polar surface area (TPSA) is 52.0 Å². The zero-order chi connectivity index (χ0) is 6.69. The molecule has 0 saturated carbocycles. The van der Waals surface area contributed by atoms with Crippen molar-refractivity contribution in [2.24, 2.45) is 11.5 Å². The molecule has 0 heterocycles. The standard InChI is InChI=1S/C7H10N2/c8-6-4-2-1-3-5-7(6)9/h2-5H,1,8-9H2. The van der Waals surface area contributed by atoms with E-state index in [9.17, 15) is 0 Å². The summed E-state index contributed by atoms with van der Waals surface area (Å²) in [6, 6.07) is 0. The van der Waals surface area contributed by atoms with E-state index in [1.54, 1.807) is 0 Å². The van der Waals surface area contributed by atoms with Gasteiger partial charge in [-0.25, -0.2) is 0 Å². The van der Waals surface area contributed by atoms with E-state index in [1.807, 2.05) is 24.3 Å². The fourth-order valence-electron chi connectivity index (χ4n) is 0.661. The molecule has 0 bridgehead atoms. The van der Waals surface area contributed by atoms with Crippen molar-refractivity contribution in [2.45, 2.75) is 6.42 Å². The molecular weight excluding hydrogens is 112 g/mol. The van der Waals surface area contributed by atoms with Crippen molar-refractivity contribution in [3.8, 4) is 0 Å². The molecule has 2 heteroatoms. The van der Waals surface area contributed by atoms with Gasteiger partial charge >= 0.3 is 0 Å². The van der Waals surface area contributed by atoms with Crippen LogP contribution in [0.3, 0.4) is 0 Å². The molecule has 0 aromatic rings. The predicted octanol–water partition coefficient (Wildman–Crippen LogP) is 0.632. The third-order valence-corrected chi connectivity index (χ3v) is 1.20. The number of hydrogen-bond acceptors (Lipinski definition) is 2. The van der Waals surface area contributed by atoms with Gasteiger partial charge in [-0.05, 0) is 18.6 Å². The Kier molecular flexibility index (Phi) is 1.58. The van der Waals surface area contributed by atoms with Crippen molar-refractivity contribution >= 4 is 0 Å². The first-order chi connectivity index (χ1) is 4.30. The Labute approximate surface area is 54.5 Å². The van der Waals surface area contributed by atoms with Crippen LogP contribution in [-0.4, -0.2) is 0 Å². The Balaban J connectivity index is 2.90. The van der Waals surface area contributed by atoms with Gasteiger partial charge in [-0.2, -0.15) is 0 Å². The maximum Gasteiger partial charge on any atom is 0.0544 e. The number of nitrogens with two attached hydrogens (primary N) is 2. The van der Waals surface area contributed by atoms with Crippen LogP contribution in [0, 0.1) is 0 Å². The van der Waals surface area contributed by atoms with Crippen molar-refractivity contribution in [2.75, 3.05) is 0 Å². The van der Waals surface area contributed by atoms with Gasteiger partial charge in [-0.15, -0.1) is 0 Å². The van der Waals surface area contributed by atoms with E-state index in [0.29, 0.717) is 11.4 Å². The van der Waals surface area contributed by atoms with Gasteiger partial charge in [0.2, 0.25) is 0 Å². The lowest BCUT2D eigenvalue weighted by Gasteiger charge is -1.92. The monoisotopic (exact) mass is 122 g/mol. The molecule has 0 radical (unpaired) electrons. The van der Waals surface area contributed by atoms with Gasteiger partial charge < -0.3 is 11.5 Å². The first-order valence-corrected chi connectivity index (χ1v) is 2.89. The smallest absolute Gasteiger partial charge is 0.0544 e. The number of rotatable bonds is 0. The summed E-state index contributed by atoms with van der Waals surface area (Å²) in [6.45, 7) is 0.